The average molecular weight is 313 g/mol. The molecule has 1 aromatic rings. The second-order valence-corrected chi connectivity index (χ2v) is 6.28. The monoisotopic (exact) mass is 312 g/mol. The minimum Gasteiger partial charge on any atom is -0.329 e. The summed E-state index contributed by atoms with van der Waals surface area (Å²) in [5, 5.41) is 0. The van der Waals surface area contributed by atoms with Crippen molar-refractivity contribution in [3.63, 3.8) is 0 Å². The van der Waals surface area contributed by atoms with Crippen molar-refractivity contribution in [2.75, 3.05) is 20.1 Å². The van der Waals surface area contributed by atoms with Gasteiger partial charge >= 0.3 is 0 Å². The standard InChI is InChI=1S/C15H25BrN2/c1-11(2)7-8-18(4)15(10-17)13-6-5-12(3)14(16)9-13/h5-6,9,11,15H,7-8,10,17H2,1-4H3. The summed E-state index contributed by atoms with van der Waals surface area (Å²) < 4.78 is 1.16. The SMILES string of the molecule is Cc1ccc(C(CN)N(C)CCC(C)C)cc1Br. The van der Waals surface area contributed by atoms with Crippen molar-refractivity contribution in [1.82, 2.24) is 4.90 Å². The Labute approximate surface area is 120 Å². The molecule has 2 N–H and O–H groups in total. The van der Waals surface area contributed by atoms with E-state index in [1.54, 1.807) is 0 Å². The smallest absolute Gasteiger partial charge is 0.0467 e. The van der Waals surface area contributed by atoms with Crippen LogP contribution in [0.5, 0.6) is 0 Å². The maximum atomic E-state index is 5.94. The van der Waals surface area contributed by atoms with E-state index in [1.807, 2.05) is 0 Å². The van der Waals surface area contributed by atoms with Crippen molar-refractivity contribution >= 4 is 15.9 Å². The van der Waals surface area contributed by atoms with Crippen LogP contribution in [-0.2, 0) is 0 Å². The predicted octanol–water partition coefficient (Wildman–Crippen LogP) is 3.74. The van der Waals surface area contributed by atoms with Gasteiger partial charge in [-0.3, -0.25) is 4.90 Å². The van der Waals surface area contributed by atoms with Gasteiger partial charge in [0.1, 0.15) is 0 Å². The van der Waals surface area contributed by atoms with Crippen LogP contribution in [0.3, 0.4) is 0 Å². The van der Waals surface area contributed by atoms with E-state index in [0.29, 0.717) is 12.6 Å². The van der Waals surface area contributed by atoms with Gasteiger partial charge in [0.05, 0.1) is 0 Å². The quantitative estimate of drug-likeness (QED) is 0.867. The molecular weight excluding hydrogens is 288 g/mol. The van der Waals surface area contributed by atoms with Crippen molar-refractivity contribution in [2.45, 2.75) is 33.2 Å². The Bertz CT molecular complexity index is 377. The molecule has 1 rings (SSSR count). The molecule has 0 radical (unpaired) electrons. The number of halogens is 1. The number of nitrogens with two attached hydrogens (primary N) is 1. The van der Waals surface area contributed by atoms with Crippen molar-refractivity contribution < 1.29 is 0 Å². The van der Waals surface area contributed by atoms with E-state index in [0.717, 1.165) is 16.9 Å². The first-order valence-corrected chi connectivity index (χ1v) is 7.41. The van der Waals surface area contributed by atoms with E-state index in [1.165, 1.54) is 17.5 Å². The number of rotatable bonds is 6. The normalized spacial score (nSPS) is 13.3. The van der Waals surface area contributed by atoms with E-state index in [9.17, 15) is 0 Å². The number of likely N-dealkylation sites (N-methyl/N-ethyl adjacent to an activating group) is 1. The Kier molecular flexibility index (Phi) is 6.33. The molecule has 1 unspecified atom stereocenters. The third kappa shape index (κ3) is 4.38. The topological polar surface area (TPSA) is 29.3 Å². The van der Waals surface area contributed by atoms with Crippen LogP contribution < -0.4 is 5.73 Å². The molecule has 2 nitrogen and oxygen atoms in total. The van der Waals surface area contributed by atoms with Gasteiger partial charge in [0.15, 0.2) is 0 Å². The minimum atomic E-state index is 0.306. The van der Waals surface area contributed by atoms with Gasteiger partial charge in [0.25, 0.3) is 0 Å². The lowest BCUT2D eigenvalue weighted by atomic mass is 10.0. The van der Waals surface area contributed by atoms with E-state index in [4.69, 9.17) is 5.73 Å². The molecule has 102 valence electrons. The highest BCUT2D eigenvalue weighted by atomic mass is 79.9. The highest BCUT2D eigenvalue weighted by Gasteiger charge is 2.16. The molecular formula is C15H25BrN2. The van der Waals surface area contributed by atoms with Crippen LogP contribution in [-0.4, -0.2) is 25.0 Å². The Morgan fingerprint density at radius 2 is 2.00 bits per heavy atom. The lowest BCUT2D eigenvalue weighted by Gasteiger charge is -2.28. The number of aryl methyl sites for hydroxylation is 1. The highest BCUT2D eigenvalue weighted by Crippen LogP contribution is 2.24. The van der Waals surface area contributed by atoms with Crippen LogP contribution in [0, 0.1) is 12.8 Å². The van der Waals surface area contributed by atoms with Crippen molar-refractivity contribution in [1.29, 1.82) is 0 Å². The second kappa shape index (κ2) is 7.27. The molecule has 0 aromatic heterocycles. The Morgan fingerprint density at radius 1 is 1.33 bits per heavy atom. The van der Waals surface area contributed by atoms with Gasteiger partial charge in [0.2, 0.25) is 0 Å². The molecule has 0 spiro atoms. The predicted molar refractivity (Wildman–Crippen MR) is 82.8 cm³/mol. The van der Waals surface area contributed by atoms with Crippen LogP contribution >= 0.6 is 15.9 Å². The minimum absolute atomic E-state index is 0.306. The third-order valence-corrected chi connectivity index (χ3v) is 4.25. The number of hydrogen-bond donors (Lipinski definition) is 1. The lowest BCUT2D eigenvalue weighted by Crippen LogP contribution is -2.31. The second-order valence-electron chi connectivity index (χ2n) is 5.42. The summed E-state index contributed by atoms with van der Waals surface area (Å²) in [5.74, 6) is 0.732. The zero-order chi connectivity index (χ0) is 13.7. The first-order valence-electron chi connectivity index (χ1n) is 6.62. The summed E-state index contributed by atoms with van der Waals surface area (Å²) in [6, 6.07) is 6.83. The molecule has 0 saturated heterocycles. The van der Waals surface area contributed by atoms with E-state index in [2.05, 4.69) is 66.8 Å². The largest absolute Gasteiger partial charge is 0.329 e. The summed E-state index contributed by atoms with van der Waals surface area (Å²) >= 11 is 3.60. The average Bonchev–Trinajstić information content (AvgIpc) is 2.32. The van der Waals surface area contributed by atoms with E-state index >= 15 is 0 Å². The molecule has 0 aliphatic carbocycles. The summed E-state index contributed by atoms with van der Waals surface area (Å²) in [6.45, 7) is 8.37. The Morgan fingerprint density at radius 3 is 2.50 bits per heavy atom. The van der Waals surface area contributed by atoms with Gasteiger partial charge in [-0.05, 0) is 50.0 Å². The van der Waals surface area contributed by atoms with Gasteiger partial charge in [-0.1, -0.05) is 41.9 Å². The van der Waals surface area contributed by atoms with E-state index in [-0.39, 0.29) is 0 Å². The van der Waals surface area contributed by atoms with E-state index < -0.39 is 0 Å². The van der Waals surface area contributed by atoms with Gasteiger partial charge < -0.3 is 5.73 Å². The highest BCUT2D eigenvalue weighted by molar-refractivity contribution is 9.10. The van der Waals surface area contributed by atoms with Crippen molar-refractivity contribution in [3.8, 4) is 0 Å². The number of benzene rings is 1. The van der Waals surface area contributed by atoms with Crippen LogP contribution in [0.25, 0.3) is 0 Å². The molecule has 0 saturated carbocycles. The summed E-state index contributed by atoms with van der Waals surface area (Å²) in [6.07, 6.45) is 1.21. The summed E-state index contributed by atoms with van der Waals surface area (Å²) in [7, 11) is 2.16. The fourth-order valence-electron chi connectivity index (χ4n) is 2.00. The molecule has 0 aliphatic rings. The van der Waals surface area contributed by atoms with Gasteiger partial charge in [-0.15, -0.1) is 0 Å². The fourth-order valence-corrected chi connectivity index (χ4v) is 2.40. The van der Waals surface area contributed by atoms with Crippen LogP contribution in [0.2, 0.25) is 0 Å². The Hall–Kier alpha value is -0.380. The fraction of sp³-hybridized carbons (Fsp3) is 0.600. The molecule has 0 heterocycles. The molecule has 1 atom stereocenters. The van der Waals surface area contributed by atoms with Gasteiger partial charge in [-0.25, -0.2) is 0 Å². The summed E-state index contributed by atoms with van der Waals surface area (Å²) in [4.78, 5) is 2.36. The zero-order valence-corrected chi connectivity index (χ0v) is 13.5. The number of nitrogens with zero attached hydrogens (tertiary/aromatic N) is 1. The van der Waals surface area contributed by atoms with Gasteiger partial charge in [0, 0.05) is 17.1 Å². The molecule has 0 amide bonds. The van der Waals surface area contributed by atoms with Crippen LogP contribution in [0.1, 0.15) is 37.4 Å². The Balaban J connectivity index is 2.78. The first-order chi connectivity index (χ1) is 8.45. The van der Waals surface area contributed by atoms with Gasteiger partial charge in [-0.2, -0.15) is 0 Å². The maximum Gasteiger partial charge on any atom is 0.0467 e. The van der Waals surface area contributed by atoms with Crippen LogP contribution in [0.4, 0.5) is 0 Å². The first kappa shape index (κ1) is 15.7. The lowest BCUT2D eigenvalue weighted by molar-refractivity contribution is 0.236. The summed E-state index contributed by atoms with van der Waals surface area (Å²) in [5.41, 5.74) is 8.50. The van der Waals surface area contributed by atoms with Crippen LogP contribution in [0.15, 0.2) is 22.7 Å². The zero-order valence-electron chi connectivity index (χ0n) is 11.9. The molecule has 1 aromatic carbocycles. The maximum absolute atomic E-state index is 5.94. The number of hydrogen-bond acceptors (Lipinski definition) is 2. The molecule has 18 heavy (non-hydrogen) atoms. The molecule has 3 heteroatoms. The molecule has 0 fully saturated rings. The van der Waals surface area contributed by atoms with Crippen molar-refractivity contribution in [3.05, 3.63) is 33.8 Å². The third-order valence-electron chi connectivity index (χ3n) is 3.40. The molecule has 0 bridgehead atoms. The molecule has 0 aliphatic heterocycles. The van der Waals surface area contributed by atoms with Crippen molar-refractivity contribution in [2.24, 2.45) is 11.7 Å².